The predicted molar refractivity (Wildman–Crippen MR) is 86.4 cm³/mol. The van der Waals surface area contributed by atoms with Gasteiger partial charge in [-0.05, 0) is 26.0 Å². The van der Waals surface area contributed by atoms with Gasteiger partial charge in [0.25, 0.3) is 5.56 Å². The summed E-state index contributed by atoms with van der Waals surface area (Å²) in [7, 11) is -1.46. The summed E-state index contributed by atoms with van der Waals surface area (Å²) in [5.41, 5.74) is 1.70. The van der Waals surface area contributed by atoms with E-state index in [1.54, 1.807) is 25.5 Å². The van der Waals surface area contributed by atoms with Gasteiger partial charge in [-0.3, -0.25) is 9.36 Å². The Labute approximate surface area is 129 Å². The van der Waals surface area contributed by atoms with Crippen LogP contribution in [0.2, 0.25) is 0 Å². The maximum atomic E-state index is 12.5. The molecule has 0 bridgehead atoms. The van der Waals surface area contributed by atoms with Crippen LogP contribution in [0, 0.1) is 0 Å². The van der Waals surface area contributed by atoms with Gasteiger partial charge in [-0.25, -0.2) is 4.98 Å². The van der Waals surface area contributed by atoms with Crippen molar-refractivity contribution in [2.45, 2.75) is 20.3 Å². The molecule has 0 atom stereocenters. The molecule has 0 saturated heterocycles. The smallest absolute Gasteiger partial charge is 0.309 e. The molecule has 1 aromatic carbocycles. The molecule has 0 amide bonds. The highest BCUT2D eigenvalue weighted by Crippen LogP contribution is 2.48. The highest BCUT2D eigenvalue weighted by molar-refractivity contribution is 7.53. The number of benzene rings is 1. The van der Waals surface area contributed by atoms with Crippen molar-refractivity contribution >= 4 is 18.6 Å². The van der Waals surface area contributed by atoms with Gasteiger partial charge in [-0.1, -0.05) is 12.1 Å². The molecule has 0 fully saturated rings. The molecule has 2 rings (SSSR count). The average molecular weight is 324 g/mol. The first kappa shape index (κ1) is 16.9. The van der Waals surface area contributed by atoms with Crippen molar-refractivity contribution in [3.05, 3.63) is 40.3 Å². The lowest BCUT2D eigenvalue weighted by Gasteiger charge is -2.16. The Morgan fingerprint density at radius 2 is 1.82 bits per heavy atom. The third-order valence-electron chi connectivity index (χ3n) is 3.32. The Hall–Kier alpha value is -1.49. The molecule has 2 aromatic rings. The lowest BCUT2D eigenvalue weighted by Crippen LogP contribution is -2.24. The molecule has 0 unspecified atom stereocenters. The maximum absolute atomic E-state index is 12.5. The zero-order valence-electron chi connectivity index (χ0n) is 13.1. The second-order valence-electron chi connectivity index (χ2n) is 4.83. The van der Waals surface area contributed by atoms with Crippen molar-refractivity contribution in [3.8, 4) is 0 Å². The Morgan fingerprint density at radius 1 is 1.18 bits per heavy atom. The van der Waals surface area contributed by atoms with Gasteiger partial charge < -0.3 is 13.6 Å². The summed E-state index contributed by atoms with van der Waals surface area (Å²) in [6.07, 6.45) is 0.407. The highest BCUT2D eigenvalue weighted by Gasteiger charge is 2.24. The van der Waals surface area contributed by atoms with Gasteiger partial charge in [0.2, 0.25) is 0 Å². The number of hydrogen-bond acceptors (Lipinski definition) is 5. The Morgan fingerprint density at radius 3 is 2.45 bits per heavy atom. The van der Waals surface area contributed by atoms with E-state index >= 15 is 0 Å². The van der Waals surface area contributed by atoms with E-state index in [1.807, 2.05) is 24.3 Å². The normalized spacial score (nSPS) is 12.0. The van der Waals surface area contributed by atoms with E-state index < -0.39 is 7.60 Å². The topological polar surface area (TPSA) is 70.4 Å². The van der Waals surface area contributed by atoms with Crippen LogP contribution in [0.5, 0.6) is 0 Å². The molecule has 0 saturated carbocycles. The molecule has 0 aliphatic rings. The Balaban J connectivity index is 2.30. The minimum atomic E-state index is -3.17. The van der Waals surface area contributed by atoms with E-state index in [4.69, 9.17) is 9.05 Å². The van der Waals surface area contributed by atoms with Crippen LogP contribution in [-0.4, -0.2) is 28.9 Å². The first-order chi connectivity index (χ1) is 10.5. The summed E-state index contributed by atoms with van der Waals surface area (Å²) in [6.45, 7) is 4.14. The van der Waals surface area contributed by atoms with E-state index in [0.29, 0.717) is 18.9 Å². The molecule has 22 heavy (non-hydrogen) atoms. The van der Waals surface area contributed by atoms with Crippen molar-refractivity contribution in [3.63, 3.8) is 0 Å². The van der Waals surface area contributed by atoms with Gasteiger partial charge in [0.05, 0.1) is 30.4 Å². The number of para-hydroxylation sites is 2. The van der Waals surface area contributed by atoms with Crippen molar-refractivity contribution in [1.82, 2.24) is 9.55 Å². The number of hydrogen-bond donors (Lipinski definition) is 0. The van der Waals surface area contributed by atoms with Crippen LogP contribution in [0.4, 0.5) is 0 Å². The Kier molecular flexibility index (Phi) is 5.51. The van der Waals surface area contributed by atoms with Crippen molar-refractivity contribution in [2.24, 2.45) is 7.05 Å². The number of aryl methyl sites for hydroxylation is 2. The molecule has 7 heteroatoms. The van der Waals surface area contributed by atoms with E-state index in [1.165, 1.54) is 0 Å². The van der Waals surface area contributed by atoms with E-state index in [9.17, 15) is 9.36 Å². The molecule has 6 nitrogen and oxygen atoms in total. The predicted octanol–water partition coefficient (Wildman–Crippen LogP) is 2.74. The molecule has 1 heterocycles. The van der Waals surface area contributed by atoms with Gasteiger partial charge >= 0.3 is 7.60 Å². The van der Waals surface area contributed by atoms with Gasteiger partial charge in [0.1, 0.15) is 5.69 Å². The van der Waals surface area contributed by atoms with Crippen LogP contribution in [0.1, 0.15) is 19.5 Å². The fourth-order valence-electron chi connectivity index (χ4n) is 2.30. The molecule has 120 valence electrons. The van der Waals surface area contributed by atoms with Crippen LogP contribution in [0.3, 0.4) is 0 Å². The minimum absolute atomic E-state index is 0.148. The Bertz CT molecular complexity index is 747. The third-order valence-corrected chi connectivity index (χ3v) is 5.40. The number of nitrogens with zero attached hydrogens (tertiary/aromatic N) is 2. The summed E-state index contributed by atoms with van der Waals surface area (Å²) >= 11 is 0. The fraction of sp³-hybridized carbons (Fsp3) is 0.467. The number of fused-ring (bicyclic) bond motifs is 1. The van der Waals surface area contributed by atoms with Gasteiger partial charge in [-0.2, -0.15) is 0 Å². The van der Waals surface area contributed by atoms with Crippen LogP contribution in [0.25, 0.3) is 11.0 Å². The standard InChI is InChI=1S/C15H21N2O4P/c1-4-20-22(19,21-5-2)11-10-13-15(18)17(3)14-9-7-6-8-12(14)16-13/h6-9H,4-5,10-11H2,1-3H3. The van der Waals surface area contributed by atoms with Gasteiger partial charge in [0, 0.05) is 13.5 Å². The molecular weight excluding hydrogens is 303 g/mol. The molecule has 0 spiro atoms. The third kappa shape index (κ3) is 3.64. The second kappa shape index (κ2) is 7.18. The van der Waals surface area contributed by atoms with Crippen LogP contribution in [0.15, 0.2) is 29.1 Å². The minimum Gasteiger partial charge on any atom is -0.309 e. The largest absolute Gasteiger partial charge is 0.331 e. The summed E-state index contributed by atoms with van der Waals surface area (Å²) in [5.74, 6) is 0. The van der Waals surface area contributed by atoms with Gasteiger partial charge in [0.15, 0.2) is 0 Å². The molecule has 0 aliphatic carbocycles. The summed E-state index contributed by atoms with van der Waals surface area (Å²) in [5, 5.41) is 0. The molecule has 0 aliphatic heterocycles. The number of aromatic nitrogens is 2. The second-order valence-corrected chi connectivity index (χ2v) is 7.02. The molecule has 0 N–H and O–H groups in total. The first-order valence-corrected chi connectivity index (χ1v) is 9.06. The molecule has 1 aromatic heterocycles. The maximum Gasteiger partial charge on any atom is 0.331 e. The average Bonchev–Trinajstić information content (AvgIpc) is 2.50. The summed E-state index contributed by atoms with van der Waals surface area (Å²) in [6, 6.07) is 7.43. The van der Waals surface area contributed by atoms with Gasteiger partial charge in [-0.15, -0.1) is 0 Å². The monoisotopic (exact) mass is 324 g/mol. The quantitative estimate of drug-likeness (QED) is 0.732. The fourth-order valence-corrected chi connectivity index (χ4v) is 3.91. The summed E-state index contributed by atoms with van der Waals surface area (Å²) in [4.78, 5) is 16.7. The van der Waals surface area contributed by atoms with E-state index in [2.05, 4.69) is 4.98 Å². The SMILES string of the molecule is CCOP(=O)(CCc1nc2ccccc2n(C)c1=O)OCC. The van der Waals surface area contributed by atoms with E-state index in [0.717, 1.165) is 11.0 Å². The zero-order chi connectivity index (χ0) is 16.2. The van der Waals surface area contributed by atoms with Crippen LogP contribution in [-0.2, 0) is 27.1 Å². The van der Waals surface area contributed by atoms with Crippen molar-refractivity contribution in [1.29, 1.82) is 0 Å². The lowest BCUT2D eigenvalue weighted by atomic mass is 10.2. The number of rotatable bonds is 7. The summed E-state index contributed by atoms with van der Waals surface area (Å²) < 4.78 is 24.5. The van der Waals surface area contributed by atoms with E-state index in [-0.39, 0.29) is 18.1 Å². The first-order valence-electron chi connectivity index (χ1n) is 7.33. The van der Waals surface area contributed by atoms with Crippen LogP contribution < -0.4 is 5.56 Å². The zero-order valence-corrected chi connectivity index (χ0v) is 14.0. The van der Waals surface area contributed by atoms with Crippen molar-refractivity contribution in [2.75, 3.05) is 19.4 Å². The van der Waals surface area contributed by atoms with Crippen molar-refractivity contribution < 1.29 is 13.6 Å². The highest BCUT2D eigenvalue weighted by atomic mass is 31.2. The molecule has 0 radical (unpaired) electrons. The lowest BCUT2D eigenvalue weighted by molar-refractivity contribution is 0.220. The molecular formula is C15H21N2O4P. The van der Waals surface area contributed by atoms with Crippen LogP contribution >= 0.6 is 7.60 Å².